The zero-order chi connectivity index (χ0) is 23.3. The van der Waals surface area contributed by atoms with Gasteiger partial charge in [-0.1, -0.05) is 29.3 Å². The minimum absolute atomic E-state index is 0.0437. The van der Waals surface area contributed by atoms with Crippen LogP contribution in [0.25, 0.3) is 0 Å². The van der Waals surface area contributed by atoms with Crippen molar-refractivity contribution in [2.45, 2.75) is 25.9 Å². The first-order valence-corrected chi connectivity index (χ1v) is 10.9. The van der Waals surface area contributed by atoms with Gasteiger partial charge >= 0.3 is 5.97 Å². The van der Waals surface area contributed by atoms with Crippen molar-refractivity contribution in [3.63, 3.8) is 0 Å². The molecule has 1 aliphatic heterocycles. The Bertz CT molecular complexity index is 1030. The number of halogens is 2. The molecule has 2 aromatic carbocycles. The number of hydrazine groups is 1. The third kappa shape index (κ3) is 5.87. The SMILES string of the molecule is Cc1cccc(C(=O)NN2CC(C(=O)OC(CCCl)C(=O)c3ccc(Cl)cc3)CC2=O)c1. The molecule has 0 aliphatic carbocycles. The Morgan fingerprint density at radius 2 is 1.88 bits per heavy atom. The minimum Gasteiger partial charge on any atom is -0.454 e. The molecule has 0 aromatic heterocycles. The molecule has 32 heavy (non-hydrogen) atoms. The van der Waals surface area contributed by atoms with Crippen LogP contribution in [0.4, 0.5) is 0 Å². The van der Waals surface area contributed by atoms with E-state index in [-0.39, 0.29) is 25.3 Å². The smallest absolute Gasteiger partial charge is 0.312 e. The Balaban J connectivity index is 1.62. The van der Waals surface area contributed by atoms with Gasteiger partial charge in [-0.25, -0.2) is 0 Å². The molecule has 1 heterocycles. The molecule has 1 N–H and O–H groups in total. The second-order valence-corrected chi connectivity index (χ2v) is 8.30. The van der Waals surface area contributed by atoms with E-state index in [4.69, 9.17) is 27.9 Å². The molecule has 7 nitrogen and oxygen atoms in total. The summed E-state index contributed by atoms with van der Waals surface area (Å²) in [5.41, 5.74) is 4.17. The van der Waals surface area contributed by atoms with Crippen molar-refractivity contribution in [2.24, 2.45) is 5.92 Å². The predicted octanol–water partition coefficient (Wildman–Crippen LogP) is 3.57. The third-order valence-corrected chi connectivity index (χ3v) is 5.50. The lowest BCUT2D eigenvalue weighted by Gasteiger charge is -2.20. The van der Waals surface area contributed by atoms with Crippen molar-refractivity contribution in [3.8, 4) is 0 Å². The number of carbonyl (C=O) groups excluding carboxylic acids is 4. The molecule has 2 unspecified atom stereocenters. The van der Waals surface area contributed by atoms with Crippen molar-refractivity contribution in [2.75, 3.05) is 12.4 Å². The zero-order valence-electron chi connectivity index (χ0n) is 17.3. The van der Waals surface area contributed by atoms with Crippen LogP contribution in [0.1, 0.15) is 39.1 Å². The number of ether oxygens (including phenoxy) is 1. The van der Waals surface area contributed by atoms with E-state index in [0.29, 0.717) is 16.1 Å². The molecule has 2 amide bonds. The molecular weight excluding hydrogens is 455 g/mol. The summed E-state index contributed by atoms with van der Waals surface area (Å²) in [6, 6.07) is 13.1. The summed E-state index contributed by atoms with van der Waals surface area (Å²) in [4.78, 5) is 50.2. The fourth-order valence-corrected chi connectivity index (χ4v) is 3.65. The minimum atomic E-state index is -1.08. The molecule has 0 saturated carbocycles. The molecule has 1 aliphatic rings. The van der Waals surface area contributed by atoms with Crippen molar-refractivity contribution in [1.29, 1.82) is 0 Å². The van der Waals surface area contributed by atoms with Gasteiger partial charge in [0.05, 0.1) is 12.5 Å². The van der Waals surface area contributed by atoms with E-state index >= 15 is 0 Å². The molecule has 3 rings (SSSR count). The number of ketones is 1. The first-order chi connectivity index (χ1) is 15.3. The maximum atomic E-state index is 12.7. The fourth-order valence-electron chi connectivity index (χ4n) is 3.33. The van der Waals surface area contributed by atoms with Crippen LogP contribution in [0.2, 0.25) is 5.02 Å². The second-order valence-electron chi connectivity index (χ2n) is 7.49. The highest BCUT2D eigenvalue weighted by molar-refractivity contribution is 6.30. The topological polar surface area (TPSA) is 92.8 Å². The van der Waals surface area contributed by atoms with Crippen molar-refractivity contribution >= 4 is 46.8 Å². The van der Waals surface area contributed by atoms with Crippen LogP contribution < -0.4 is 5.43 Å². The van der Waals surface area contributed by atoms with Gasteiger partial charge in [0.2, 0.25) is 11.7 Å². The van der Waals surface area contributed by atoms with Crippen LogP contribution in [0.5, 0.6) is 0 Å². The number of amides is 2. The Labute approximate surface area is 195 Å². The molecule has 9 heteroatoms. The lowest BCUT2D eigenvalue weighted by molar-refractivity contribution is -0.151. The Morgan fingerprint density at radius 3 is 2.53 bits per heavy atom. The van der Waals surface area contributed by atoms with Gasteiger partial charge in [-0.3, -0.25) is 29.6 Å². The second kappa shape index (κ2) is 10.6. The van der Waals surface area contributed by atoms with Gasteiger partial charge in [-0.05, 0) is 43.3 Å². The first-order valence-electron chi connectivity index (χ1n) is 10.0. The third-order valence-electron chi connectivity index (χ3n) is 5.03. The number of alkyl halides is 1. The molecule has 0 radical (unpaired) electrons. The molecule has 2 atom stereocenters. The summed E-state index contributed by atoms with van der Waals surface area (Å²) >= 11 is 11.6. The van der Waals surface area contributed by atoms with Crippen molar-refractivity contribution in [1.82, 2.24) is 10.4 Å². The van der Waals surface area contributed by atoms with Crippen LogP contribution in [-0.2, 0) is 14.3 Å². The molecular formula is C23H22Cl2N2O5. The van der Waals surface area contributed by atoms with Crippen LogP contribution in [0, 0.1) is 12.8 Å². The van der Waals surface area contributed by atoms with Crippen LogP contribution in [-0.4, -0.2) is 47.1 Å². The number of aryl methyl sites for hydroxylation is 1. The van der Waals surface area contributed by atoms with E-state index in [1.54, 1.807) is 42.5 Å². The van der Waals surface area contributed by atoms with E-state index in [1.165, 1.54) is 0 Å². The predicted molar refractivity (Wildman–Crippen MR) is 119 cm³/mol. The highest BCUT2D eigenvalue weighted by atomic mass is 35.5. The molecule has 2 aromatic rings. The Hall–Kier alpha value is -2.90. The summed E-state index contributed by atoms with van der Waals surface area (Å²) in [5, 5.41) is 1.58. The monoisotopic (exact) mass is 476 g/mol. The number of carbonyl (C=O) groups is 4. The normalized spacial score (nSPS) is 16.5. The van der Waals surface area contributed by atoms with Gasteiger partial charge in [0.15, 0.2) is 6.10 Å². The highest BCUT2D eigenvalue weighted by Gasteiger charge is 2.38. The molecule has 0 spiro atoms. The summed E-state index contributed by atoms with van der Waals surface area (Å²) in [6.07, 6.45) is -1.08. The molecule has 1 fully saturated rings. The lowest BCUT2D eigenvalue weighted by atomic mass is 10.0. The van der Waals surface area contributed by atoms with Gasteiger partial charge < -0.3 is 4.74 Å². The molecule has 168 valence electrons. The molecule has 1 saturated heterocycles. The van der Waals surface area contributed by atoms with Gasteiger partial charge in [0.25, 0.3) is 5.91 Å². The van der Waals surface area contributed by atoms with Crippen LogP contribution >= 0.6 is 23.2 Å². The fraction of sp³-hybridized carbons (Fsp3) is 0.304. The number of nitrogens with one attached hydrogen (secondary N) is 1. The summed E-state index contributed by atoms with van der Waals surface area (Å²) in [6.45, 7) is 1.81. The number of Topliss-reactive ketones (excluding diaryl/α,β-unsaturated/α-hetero) is 1. The van der Waals surface area contributed by atoms with Gasteiger partial charge in [0.1, 0.15) is 0 Å². The summed E-state index contributed by atoms with van der Waals surface area (Å²) in [7, 11) is 0. The maximum Gasteiger partial charge on any atom is 0.312 e. The maximum absolute atomic E-state index is 12.7. The number of hydrogen-bond acceptors (Lipinski definition) is 5. The first kappa shape index (κ1) is 23.8. The van der Waals surface area contributed by atoms with E-state index in [0.717, 1.165) is 10.6 Å². The van der Waals surface area contributed by atoms with E-state index in [1.807, 2.05) is 13.0 Å². The van der Waals surface area contributed by atoms with E-state index in [2.05, 4.69) is 5.43 Å². The number of esters is 1. The number of hydrogen-bond donors (Lipinski definition) is 1. The van der Waals surface area contributed by atoms with Crippen LogP contribution in [0.15, 0.2) is 48.5 Å². The zero-order valence-corrected chi connectivity index (χ0v) is 18.9. The average molecular weight is 477 g/mol. The van der Waals surface area contributed by atoms with Gasteiger partial charge in [-0.2, -0.15) is 0 Å². The van der Waals surface area contributed by atoms with E-state index < -0.39 is 35.6 Å². The summed E-state index contributed by atoms with van der Waals surface area (Å²) in [5.74, 6) is -2.65. The summed E-state index contributed by atoms with van der Waals surface area (Å²) < 4.78 is 5.43. The highest BCUT2D eigenvalue weighted by Crippen LogP contribution is 2.21. The Kier molecular flexibility index (Phi) is 7.88. The lowest BCUT2D eigenvalue weighted by Crippen LogP contribution is -2.43. The van der Waals surface area contributed by atoms with Crippen molar-refractivity contribution < 1.29 is 23.9 Å². The molecule has 0 bridgehead atoms. The van der Waals surface area contributed by atoms with Crippen molar-refractivity contribution in [3.05, 3.63) is 70.2 Å². The largest absolute Gasteiger partial charge is 0.454 e. The van der Waals surface area contributed by atoms with Gasteiger partial charge in [0, 0.05) is 34.9 Å². The standard InChI is InChI=1S/C23H22Cl2N2O5/c1-14-3-2-4-16(11-14)22(30)26-27-13-17(12-20(27)28)23(31)32-19(9-10-24)21(29)15-5-7-18(25)8-6-15/h2-8,11,17,19H,9-10,12-13H2,1H3,(H,26,30). The van der Waals surface area contributed by atoms with E-state index in [9.17, 15) is 19.2 Å². The number of nitrogens with zero attached hydrogens (tertiary/aromatic N) is 1. The number of rotatable bonds is 8. The van der Waals surface area contributed by atoms with Gasteiger partial charge in [-0.15, -0.1) is 11.6 Å². The Morgan fingerprint density at radius 1 is 1.16 bits per heavy atom. The average Bonchev–Trinajstić information content (AvgIpc) is 3.13. The van der Waals surface area contributed by atoms with Crippen LogP contribution in [0.3, 0.4) is 0 Å². The quantitative estimate of drug-likeness (QED) is 0.357. The number of benzene rings is 2.